The molecule has 2 rings (SSSR count). The van der Waals surface area contributed by atoms with Gasteiger partial charge in [-0.25, -0.2) is 19.9 Å². The van der Waals surface area contributed by atoms with Gasteiger partial charge in [-0.3, -0.25) is 4.57 Å². The predicted octanol–water partition coefficient (Wildman–Crippen LogP) is 1.13. The normalized spacial score (nSPS) is 10.6. The molecule has 18 heavy (non-hydrogen) atoms. The van der Waals surface area contributed by atoms with Crippen molar-refractivity contribution in [3.63, 3.8) is 0 Å². The van der Waals surface area contributed by atoms with Crippen molar-refractivity contribution in [2.24, 2.45) is 7.05 Å². The van der Waals surface area contributed by atoms with Crippen molar-refractivity contribution in [3.8, 4) is 0 Å². The molecule has 0 bridgehead atoms. The lowest BCUT2D eigenvalue weighted by Gasteiger charge is -2.05. The molecule has 0 spiro atoms. The van der Waals surface area contributed by atoms with Gasteiger partial charge in [-0.2, -0.15) is 0 Å². The number of hydrogen-bond donors (Lipinski definition) is 2. The maximum atomic E-state index is 11.2. The molecule has 0 aliphatic rings. The van der Waals surface area contributed by atoms with Crippen LogP contribution in [0.4, 0.5) is 5.95 Å². The van der Waals surface area contributed by atoms with E-state index in [0.29, 0.717) is 27.7 Å². The summed E-state index contributed by atoms with van der Waals surface area (Å²) in [7, 11) is 1.62. The van der Waals surface area contributed by atoms with Gasteiger partial charge in [0.1, 0.15) is 5.03 Å². The molecule has 0 aromatic carbocycles. The fourth-order valence-corrected chi connectivity index (χ4v) is 2.15. The average Bonchev–Trinajstić information content (AvgIpc) is 2.66. The highest BCUT2D eigenvalue weighted by atomic mass is 35.5. The Morgan fingerprint density at radius 3 is 3.00 bits per heavy atom. The van der Waals surface area contributed by atoms with E-state index in [1.54, 1.807) is 7.05 Å². The fourth-order valence-electron chi connectivity index (χ4n) is 1.18. The first kappa shape index (κ1) is 12.9. The van der Waals surface area contributed by atoms with Crippen molar-refractivity contribution in [2.45, 2.75) is 17.1 Å². The Hall–Kier alpha value is -1.54. The number of hydrogen-bond acceptors (Lipinski definition) is 6. The molecule has 0 amide bonds. The molecule has 0 saturated carbocycles. The first-order valence-electron chi connectivity index (χ1n) is 5.17. The van der Waals surface area contributed by atoms with Gasteiger partial charge in [-0.15, -0.1) is 5.10 Å². The first-order valence-corrected chi connectivity index (χ1v) is 6.37. The van der Waals surface area contributed by atoms with Crippen LogP contribution >= 0.6 is 23.4 Å². The SMILES string of the molecule is CCNc1ncc(Cl)c(Sc2n[nH]c(=O)n2C)n1. The zero-order valence-electron chi connectivity index (χ0n) is 9.77. The Bertz CT molecular complexity index is 609. The number of aromatic nitrogens is 5. The van der Waals surface area contributed by atoms with Crippen LogP contribution in [0.2, 0.25) is 5.02 Å². The zero-order valence-corrected chi connectivity index (χ0v) is 11.3. The number of aromatic amines is 1. The van der Waals surface area contributed by atoms with Gasteiger partial charge in [-0.05, 0) is 18.7 Å². The highest BCUT2D eigenvalue weighted by Crippen LogP contribution is 2.29. The molecule has 0 fully saturated rings. The lowest BCUT2D eigenvalue weighted by molar-refractivity contribution is 0.764. The van der Waals surface area contributed by atoms with E-state index in [4.69, 9.17) is 11.6 Å². The predicted molar refractivity (Wildman–Crippen MR) is 69.2 cm³/mol. The molecule has 96 valence electrons. The second-order valence-electron chi connectivity index (χ2n) is 3.35. The Morgan fingerprint density at radius 2 is 2.39 bits per heavy atom. The van der Waals surface area contributed by atoms with Crippen molar-refractivity contribution in [3.05, 3.63) is 21.7 Å². The number of nitrogens with one attached hydrogen (secondary N) is 2. The minimum atomic E-state index is -0.283. The van der Waals surface area contributed by atoms with Crippen molar-refractivity contribution in [1.82, 2.24) is 24.7 Å². The summed E-state index contributed by atoms with van der Waals surface area (Å²) in [6.07, 6.45) is 1.51. The van der Waals surface area contributed by atoms with Crippen LogP contribution in [0.15, 0.2) is 21.2 Å². The van der Waals surface area contributed by atoms with E-state index in [0.717, 1.165) is 0 Å². The second kappa shape index (κ2) is 5.40. The van der Waals surface area contributed by atoms with Gasteiger partial charge in [0.2, 0.25) is 5.95 Å². The van der Waals surface area contributed by atoms with Gasteiger partial charge in [0, 0.05) is 13.6 Å². The van der Waals surface area contributed by atoms with Crippen LogP contribution in [0.5, 0.6) is 0 Å². The topological polar surface area (TPSA) is 88.5 Å². The molecule has 0 radical (unpaired) electrons. The van der Waals surface area contributed by atoms with Gasteiger partial charge in [0.05, 0.1) is 11.2 Å². The molecule has 0 unspecified atom stereocenters. The van der Waals surface area contributed by atoms with Crippen LogP contribution in [0.1, 0.15) is 6.92 Å². The van der Waals surface area contributed by atoms with E-state index in [1.165, 1.54) is 22.5 Å². The number of H-pyrrole nitrogens is 1. The second-order valence-corrected chi connectivity index (χ2v) is 4.71. The van der Waals surface area contributed by atoms with E-state index in [9.17, 15) is 4.79 Å². The van der Waals surface area contributed by atoms with Crippen molar-refractivity contribution >= 4 is 29.3 Å². The van der Waals surface area contributed by atoms with Crippen LogP contribution in [-0.2, 0) is 7.05 Å². The summed E-state index contributed by atoms with van der Waals surface area (Å²) in [6.45, 7) is 2.66. The quantitative estimate of drug-likeness (QED) is 0.819. The molecule has 0 aliphatic carbocycles. The molecule has 0 saturated heterocycles. The Morgan fingerprint density at radius 1 is 1.61 bits per heavy atom. The average molecular weight is 287 g/mol. The summed E-state index contributed by atoms with van der Waals surface area (Å²) in [4.78, 5) is 19.5. The van der Waals surface area contributed by atoms with E-state index in [-0.39, 0.29) is 5.69 Å². The van der Waals surface area contributed by atoms with Crippen LogP contribution in [0, 0.1) is 0 Å². The maximum absolute atomic E-state index is 11.2. The number of rotatable bonds is 4. The highest BCUT2D eigenvalue weighted by molar-refractivity contribution is 7.99. The molecule has 2 aromatic rings. The molecule has 0 atom stereocenters. The third-order valence-electron chi connectivity index (χ3n) is 2.07. The maximum Gasteiger partial charge on any atom is 0.343 e. The van der Waals surface area contributed by atoms with Gasteiger partial charge in [0.25, 0.3) is 0 Å². The van der Waals surface area contributed by atoms with Crippen molar-refractivity contribution in [1.29, 1.82) is 0 Å². The third kappa shape index (κ3) is 2.65. The summed E-state index contributed by atoms with van der Waals surface area (Å²) in [6, 6.07) is 0. The Kier molecular flexibility index (Phi) is 3.87. The molecule has 7 nitrogen and oxygen atoms in total. The van der Waals surface area contributed by atoms with Crippen LogP contribution < -0.4 is 11.0 Å². The monoisotopic (exact) mass is 286 g/mol. The number of nitrogens with zero attached hydrogens (tertiary/aromatic N) is 4. The fraction of sp³-hybridized carbons (Fsp3) is 0.333. The highest BCUT2D eigenvalue weighted by Gasteiger charge is 2.12. The summed E-state index contributed by atoms with van der Waals surface area (Å²) in [5, 5.41) is 10.7. The molecule has 2 aromatic heterocycles. The van der Waals surface area contributed by atoms with E-state index in [1.807, 2.05) is 6.92 Å². The van der Waals surface area contributed by atoms with E-state index in [2.05, 4.69) is 25.5 Å². The molecule has 2 heterocycles. The molecular formula is C9H11ClN6OS. The summed E-state index contributed by atoms with van der Waals surface area (Å²) in [5.41, 5.74) is -0.283. The third-order valence-corrected chi connectivity index (χ3v) is 3.51. The Balaban J connectivity index is 2.30. The van der Waals surface area contributed by atoms with Gasteiger partial charge >= 0.3 is 5.69 Å². The van der Waals surface area contributed by atoms with Crippen molar-refractivity contribution < 1.29 is 0 Å². The van der Waals surface area contributed by atoms with Crippen molar-refractivity contribution in [2.75, 3.05) is 11.9 Å². The minimum Gasteiger partial charge on any atom is -0.354 e. The van der Waals surface area contributed by atoms with E-state index >= 15 is 0 Å². The van der Waals surface area contributed by atoms with Gasteiger partial charge < -0.3 is 5.32 Å². The van der Waals surface area contributed by atoms with Gasteiger partial charge in [-0.1, -0.05) is 11.6 Å². The summed E-state index contributed by atoms with van der Waals surface area (Å²) in [5.74, 6) is 0.491. The lowest BCUT2D eigenvalue weighted by atomic mass is 10.6. The van der Waals surface area contributed by atoms with E-state index < -0.39 is 0 Å². The standard InChI is InChI=1S/C9H11ClN6OS/c1-3-11-7-12-4-5(10)6(13-7)18-9-15-14-8(17)16(9)2/h4H,3H2,1-2H3,(H,14,17)(H,11,12,13). The smallest absolute Gasteiger partial charge is 0.343 e. The first-order chi connectivity index (χ1) is 8.61. The van der Waals surface area contributed by atoms with Gasteiger partial charge in [0.15, 0.2) is 5.16 Å². The zero-order chi connectivity index (χ0) is 13.1. The Labute approximate surface area is 112 Å². The van der Waals surface area contributed by atoms with Crippen LogP contribution in [-0.4, -0.2) is 31.3 Å². The summed E-state index contributed by atoms with van der Waals surface area (Å²) >= 11 is 7.21. The van der Waals surface area contributed by atoms with Crippen LogP contribution in [0.3, 0.4) is 0 Å². The minimum absolute atomic E-state index is 0.283. The summed E-state index contributed by atoms with van der Waals surface area (Å²) < 4.78 is 1.38. The number of anilines is 1. The largest absolute Gasteiger partial charge is 0.354 e. The molecular weight excluding hydrogens is 276 g/mol. The number of halogens is 1. The van der Waals surface area contributed by atoms with Crippen LogP contribution in [0.25, 0.3) is 0 Å². The molecule has 0 aliphatic heterocycles. The molecule has 2 N–H and O–H groups in total. The lowest BCUT2D eigenvalue weighted by Crippen LogP contribution is -2.12. The molecule has 9 heteroatoms.